The van der Waals surface area contributed by atoms with Crippen LogP contribution in [0.1, 0.15) is 30.4 Å². The zero-order chi connectivity index (χ0) is 29.4. The average Bonchev–Trinajstić information content (AvgIpc) is 3.63. The van der Waals surface area contributed by atoms with E-state index in [-0.39, 0.29) is 12.8 Å². The lowest BCUT2D eigenvalue weighted by atomic mass is 10.0. The van der Waals surface area contributed by atoms with Crippen molar-refractivity contribution in [3.63, 3.8) is 0 Å². The smallest absolute Gasteiger partial charge is 0.326 e. The number of hydrogen-bond acceptors (Lipinski definition) is 6. The van der Waals surface area contributed by atoms with Crippen molar-refractivity contribution in [1.29, 1.82) is 0 Å². The van der Waals surface area contributed by atoms with Gasteiger partial charge in [0, 0.05) is 30.1 Å². The summed E-state index contributed by atoms with van der Waals surface area (Å²) >= 11 is 1.53. The standard InChI is InChI=1S/C30H37N5O5S/c1-41-15-13-24(33-27(36)22(31)17-20-18-32-23-11-6-5-10-21(20)23)28(37)34-25(16-19-8-3-2-4-9-19)29(38)35-14-7-12-26(35)30(39)40/h2-6,8-11,18,22,24-26,32H,7,12-17,31H2,1H3,(H,33,36)(H,34,37)(H,39,40). The highest BCUT2D eigenvalue weighted by atomic mass is 32.2. The van der Waals surface area contributed by atoms with E-state index in [1.54, 1.807) is 0 Å². The number of nitrogens with two attached hydrogens (primary N) is 1. The van der Waals surface area contributed by atoms with Gasteiger partial charge in [-0.15, -0.1) is 0 Å². The van der Waals surface area contributed by atoms with Crippen molar-refractivity contribution in [2.75, 3.05) is 18.6 Å². The first-order valence-corrected chi connectivity index (χ1v) is 15.1. The molecule has 1 fully saturated rings. The predicted molar refractivity (Wildman–Crippen MR) is 159 cm³/mol. The number of benzene rings is 2. The van der Waals surface area contributed by atoms with E-state index in [0.29, 0.717) is 31.6 Å². The highest BCUT2D eigenvalue weighted by Crippen LogP contribution is 2.21. The molecule has 1 saturated heterocycles. The van der Waals surface area contributed by atoms with E-state index in [9.17, 15) is 24.3 Å². The summed E-state index contributed by atoms with van der Waals surface area (Å²) in [5.41, 5.74) is 8.95. The maximum atomic E-state index is 13.6. The van der Waals surface area contributed by atoms with Crippen LogP contribution in [0.15, 0.2) is 60.8 Å². The summed E-state index contributed by atoms with van der Waals surface area (Å²) in [5, 5.41) is 16.2. The van der Waals surface area contributed by atoms with Crippen LogP contribution in [0.5, 0.6) is 0 Å². The van der Waals surface area contributed by atoms with Crippen molar-refractivity contribution in [3.8, 4) is 0 Å². The molecule has 3 aromatic rings. The molecule has 0 spiro atoms. The Balaban J connectivity index is 1.48. The normalized spacial score (nSPS) is 17.1. The molecular formula is C30H37N5O5S. The third-order valence-electron chi connectivity index (χ3n) is 7.41. The van der Waals surface area contributed by atoms with Gasteiger partial charge in [0.2, 0.25) is 17.7 Å². The summed E-state index contributed by atoms with van der Waals surface area (Å²) in [7, 11) is 0. The minimum absolute atomic E-state index is 0.192. The molecule has 10 nitrogen and oxygen atoms in total. The lowest BCUT2D eigenvalue weighted by Gasteiger charge is -2.29. The number of rotatable bonds is 13. The molecule has 11 heteroatoms. The molecule has 0 radical (unpaired) electrons. The number of aliphatic carboxylic acids is 1. The molecule has 1 aromatic heterocycles. The number of amides is 3. The molecular weight excluding hydrogens is 542 g/mol. The van der Waals surface area contributed by atoms with Crippen molar-refractivity contribution in [3.05, 3.63) is 71.9 Å². The molecule has 0 aliphatic carbocycles. The fraction of sp³-hybridized carbons (Fsp3) is 0.400. The number of likely N-dealkylation sites (tertiary alicyclic amines) is 1. The molecule has 1 aliphatic heterocycles. The predicted octanol–water partition coefficient (Wildman–Crippen LogP) is 2.08. The van der Waals surface area contributed by atoms with Gasteiger partial charge in [-0.2, -0.15) is 11.8 Å². The number of nitrogens with zero attached hydrogens (tertiary/aromatic N) is 1. The summed E-state index contributed by atoms with van der Waals surface area (Å²) < 4.78 is 0. The van der Waals surface area contributed by atoms with Crippen LogP contribution >= 0.6 is 11.8 Å². The molecule has 4 atom stereocenters. The summed E-state index contributed by atoms with van der Waals surface area (Å²) in [6.45, 7) is 0.312. The first-order chi connectivity index (χ1) is 19.8. The highest BCUT2D eigenvalue weighted by Gasteiger charge is 2.38. The van der Waals surface area contributed by atoms with Gasteiger partial charge < -0.3 is 31.4 Å². The number of carbonyl (C=O) groups is 4. The quantitative estimate of drug-likeness (QED) is 0.207. The highest BCUT2D eigenvalue weighted by molar-refractivity contribution is 7.98. The first-order valence-electron chi connectivity index (χ1n) is 13.8. The fourth-order valence-corrected chi connectivity index (χ4v) is 5.69. The van der Waals surface area contributed by atoms with Gasteiger partial charge in [-0.1, -0.05) is 48.5 Å². The Labute approximate surface area is 243 Å². The number of aromatic nitrogens is 1. The molecule has 6 N–H and O–H groups in total. The number of thioether (sulfide) groups is 1. The lowest BCUT2D eigenvalue weighted by molar-refractivity contribution is -0.149. The van der Waals surface area contributed by atoms with Gasteiger partial charge in [-0.3, -0.25) is 14.4 Å². The molecule has 3 amide bonds. The summed E-state index contributed by atoms with van der Waals surface area (Å²) in [6.07, 6.45) is 5.50. The van der Waals surface area contributed by atoms with Gasteiger partial charge >= 0.3 is 5.97 Å². The second kappa shape index (κ2) is 14.2. The number of carbonyl (C=O) groups excluding carboxylic acids is 3. The van der Waals surface area contributed by atoms with E-state index in [1.165, 1.54) is 16.7 Å². The van der Waals surface area contributed by atoms with E-state index in [0.717, 1.165) is 22.0 Å². The van der Waals surface area contributed by atoms with Crippen LogP contribution in [0.4, 0.5) is 0 Å². The lowest BCUT2D eigenvalue weighted by Crippen LogP contribution is -2.58. The van der Waals surface area contributed by atoms with Crippen molar-refractivity contribution in [2.45, 2.75) is 56.3 Å². The number of carboxylic acids is 1. The summed E-state index contributed by atoms with van der Waals surface area (Å²) in [4.78, 5) is 56.6. The Kier molecular flexibility index (Phi) is 10.4. The molecule has 4 rings (SSSR count). The van der Waals surface area contributed by atoms with Crippen LogP contribution in [0.25, 0.3) is 10.9 Å². The minimum atomic E-state index is -1.06. The maximum Gasteiger partial charge on any atom is 0.326 e. The largest absolute Gasteiger partial charge is 0.480 e. The van der Waals surface area contributed by atoms with Crippen LogP contribution in [-0.2, 0) is 32.0 Å². The van der Waals surface area contributed by atoms with Gasteiger partial charge in [0.15, 0.2) is 0 Å². The Morgan fingerprint density at radius 1 is 1.02 bits per heavy atom. The van der Waals surface area contributed by atoms with Gasteiger partial charge in [0.05, 0.1) is 6.04 Å². The van der Waals surface area contributed by atoms with Crippen LogP contribution in [0, 0.1) is 0 Å². The van der Waals surface area contributed by atoms with E-state index in [4.69, 9.17) is 5.73 Å². The molecule has 4 unspecified atom stereocenters. The van der Waals surface area contributed by atoms with Crippen LogP contribution in [0.3, 0.4) is 0 Å². The second-order valence-electron chi connectivity index (χ2n) is 10.3. The van der Waals surface area contributed by atoms with Crippen LogP contribution < -0.4 is 16.4 Å². The number of carboxylic acid groups (broad SMARTS) is 1. The van der Waals surface area contributed by atoms with Crippen molar-refractivity contribution in [1.82, 2.24) is 20.5 Å². The molecule has 2 aromatic carbocycles. The van der Waals surface area contributed by atoms with Crippen molar-refractivity contribution < 1.29 is 24.3 Å². The average molecular weight is 580 g/mol. The van der Waals surface area contributed by atoms with Crippen LogP contribution in [-0.4, -0.2) is 81.4 Å². The molecule has 2 heterocycles. The molecule has 0 saturated carbocycles. The fourth-order valence-electron chi connectivity index (χ4n) is 5.22. The van der Waals surface area contributed by atoms with E-state index >= 15 is 0 Å². The molecule has 0 bridgehead atoms. The molecule has 1 aliphatic rings. The van der Waals surface area contributed by atoms with E-state index in [2.05, 4.69) is 15.6 Å². The number of hydrogen-bond donors (Lipinski definition) is 5. The maximum absolute atomic E-state index is 13.6. The third-order valence-corrected chi connectivity index (χ3v) is 8.06. The summed E-state index contributed by atoms with van der Waals surface area (Å²) in [6, 6.07) is 13.3. The van der Waals surface area contributed by atoms with Crippen molar-refractivity contribution in [2.24, 2.45) is 5.73 Å². The Morgan fingerprint density at radius 3 is 2.46 bits per heavy atom. The van der Waals surface area contributed by atoms with Gasteiger partial charge in [0.25, 0.3) is 0 Å². The Bertz CT molecular complexity index is 1360. The molecule has 41 heavy (non-hydrogen) atoms. The van der Waals surface area contributed by atoms with Gasteiger partial charge in [-0.25, -0.2) is 4.79 Å². The third kappa shape index (κ3) is 7.68. The van der Waals surface area contributed by atoms with Gasteiger partial charge in [0.1, 0.15) is 18.1 Å². The Hall–Kier alpha value is -3.83. The topological polar surface area (TPSA) is 158 Å². The number of aromatic amines is 1. The van der Waals surface area contributed by atoms with E-state index < -0.39 is 47.9 Å². The Morgan fingerprint density at radius 2 is 1.73 bits per heavy atom. The number of nitrogens with one attached hydrogen (secondary N) is 3. The number of H-pyrrole nitrogens is 1. The van der Waals surface area contributed by atoms with E-state index in [1.807, 2.05) is 67.0 Å². The minimum Gasteiger partial charge on any atom is -0.480 e. The second-order valence-corrected chi connectivity index (χ2v) is 11.3. The zero-order valence-corrected chi connectivity index (χ0v) is 23.9. The first kappa shape index (κ1) is 30.1. The zero-order valence-electron chi connectivity index (χ0n) is 23.0. The molecule has 218 valence electrons. The van der Waals surface area contributed by atoms with Crippen LogP contribution in [0.2, 0.25) is 0 Å². The van der Waals surface area contributed by atoms with Gasteiger partial charge in [-0.05, 0) is 54.9 Å². The number of fused-ring (bicyclic) bond motifs is 1. The van der Waals surface area contributed by atoms with Crippen molar-refractivity contribution >= 4 is 46.4 Å². The number of para-hydroxylation sites is 1. The summed E-state index contributed by atoms with van der Waals surface area (Å²) in [5.74, 6) is -1.88. The SMILES string of the molecule is CSCCC(NC(=O)C(N)Cc1c[nH]c2ccccc12)C(=O)NC(Cc1ccccc1)C(=O)N1CCCC1C(=O)O. The monoisotopic (exact) mass is 579 g/mol.